The second-order valence-electron chi connectivity index (χ2n) is 4.98. The second kappa shape index (κ2) is 7.28. The maximum Gasteiger partial charge on any atom is 0.321 e. The highest BCUT2D eigenvalue weighted by molar-refractivity contribution is 8.00. The molecule has 23 heavy (non-hydrogen) atoms. The first-order chi connectivity index (χ1) is 10.9. The van der Waals surface area contributed by atoms with Crippen LogP contribution in [0.4, 0.5) is 4.79 Å². The van der Waals surface area contributed by atoms with Gasteiger partial charge in [-0.25, -0.2) is 4.79 Å². The van der Waals surface area contributed by atoms with Crippen LogP contribution in [0.2, 0.25) is 0 Å². The molecule has 0 aliphatic rings. The molecule has 0 bridgehead atoms. The van der Waals surface area contributed by atoms with Gasteiger partial charge in [0.2, 0.25) is 5.91 Å². The molecule has 0 saturated heterocycles. The van der Waals surface area contributed by atoms with Gasteiger partial charge < -0.3 is 5.32 Å². The smallest absolute Gasteiger partial charge is 0.321 e. The van der Waals surface area contributed by atoms with Gasteiger partial charge in [0, 0.05) is 7.05 Å². The fourth-order valence-electron chi connectivity index (χ4n) is 2.00. The van der Waals surface area contributed by atoms with Gasteiger partial charge in [0.15, 0.2) is 5.16 Å². The van der Waals surface area contributed by atoms with Crippen LogP contribution in [0.5, 0.6) is 0 Å². The van der Waals surface area contributed by atoms with Gasteiger partial charge in [-0.1, -0.05) is 30.0 Å². The number of aryl methyl sites for hydroxylation is 2. The highest BCUT2D eigenvalue weighted by Gasteiger charge is 2.21. The zero-order valence-electron chi connectivity index (χ0n) is 13.5. The van der Waals surface area contributed by atoms with Gasteiger partial charge in [0.1, 0.15) is 5.82 Å². The summed E-state index contributed by atoms with van der Waals surface area (Å²) in [4.78, 5) is 23.2. The molecule has 0 spiro atoms. The summed E-state index contributed by atoms with van der Waals surface area (Å²) >= 11 is 1.25. The lowest BCUT2D eigenvalue weighted by molar-refractivity contribution is -0.119. The summed E-state index contributed by atoms with van der Waals surface area (Å²) in [6.07, 6.45) is 0. The summed E-state index contributed by atoms with van der Waals surface area (Å²) < 4.78 is 1.91. The van der Waals surface area contributed by atoms with Crippen LogP contribution >= 0.6 is 11.8 Å². The van der Waals surface area contributed by atoms with Crippen LogP contribution < -0.4 is 10.6 Å². The molecule has 1 aromatic heterocycles. The maximum absolute atomic E-state index is 12.0. The van der Waals surface area contributed by atoms with E-state index in [1.54, 1.807) is 6.92 Å². The van der Waals surface area contributed by atoms with E-state index in [9.17, 15) is 9.59 Å². The summed E-state index contributed by atoms with van der Waals surface area (Å²) in [6, 6.07) is 7.36. The summed E-state index contributed by atoms with van der Waals surface area (Å²) in [6.45, 7) is 5.58. The molecule has 1 heterocycles. The van der Waals surface area contributed by atoms with E-state index in [1.165, 1.54) is 18.8 Å². The molecule has 0 aliphatic heterocycles. The number of benzene rings is 1. The van der Waals surface area contributed by atoms with Gasteiger partial charge in [-0.3, -0.25) is 14.7 Å². The van der Waals surface area contributed by atoms with Crippen LogP contribution in [0, 0.1) is 13.8 Å². The van der Waals surface area contributed by atoms with Crippen molar-refractivity contribution in [2.45, 2.75) is 31.2 Å². The molecule has 122 valence electrons. The van der Waals surface area contributed by atoms with Gasteiger partial charge in [0.25, 0.3) is 0 Å². The van der Waals surface area contributed by atoms with Crippen molar-refractivity contribution in [3.8, 4) is 5.69 Å². The molecule has 0 saturated carbocycles. The van der Waals surface area contributed by atoms with Crippen molar-refractivity contribution in [2.75, 3.05) is 7.05 Å². The Labute approximate surface area is 138 Å². The third-order valence-corrected chi connectivity index (χ3v) is 4.31. The van der Waals surface area contributed by atoms with Gasteiger partial charge in [0.05, 0.1) is 10.9 Å². The number of rotatable bonds is 4. The van der Waals surface area contributed by atoms with Crippen molar-refractivity contribution < 1.29 is 9.59 Å². The normalized spacial score (nSPS) is 11.8. The van der Waals surface area contributed by atoms with Gasteiger partial charge >= 0.3 is 6.03 Å². The highest BCUT2D eigenvalue weighted by Crippen LogP contribution is 2.26. The minimum absolute atomic E-state index is 0.383. The Morgan fingerprint density at radius 3 is 2.57 bits per heavy atom. The molecule has 7 nitrogen and oxygen atoms in total. The predicted molar refractivity (Wildman–Crippen MR) is 88.8 cm³/mol. The Bertz CT molecular complexity index is 728. The number of aromatic nitrogens is 3. The molecule has 0 fully saturated rings. The number of hydrogen-bond donors (Lipinski definition) is 2. The number of carbonyl (C=O) groups is 2. The van der Waals surface area contributed by atoms with Crippen molar-refractivity contribution in [3.63, 3.8) is 0 Å². The summed E-state index contributed by atoms with van der Waals surface area (Å²) in [5.74, 6) is 0.354. The SMILES string of the molecule is CNC(=O)NC(=O)C(C)Sc1nnc(C)n1-c1ccccc1C. The first-order valence-corrected chi connectivity index (χ1v) is 7.99. The Hall–Kier alpha value is -2.35. The van der Waals surface area contributed by atoms with Crippen LogP contribution in [-0.4, -0.2) is 39.0 Å². The molecule has 1 atom stereocenters. The van der Waals surface area contributed by atoms with Gasteiger partial charge in [-0.2, -0.15) is 0 Å². The van der Waals surface area contributed by atoms with E-state index >= 15 is 0 Å². The Balaban J connectivity index is 2.24. The van der Waals surface area contributed by atoms with Crippen LogP contribution in [0.15, 0.2) is 29.4 Å². The van der Waals surface area contributed by atoms with Crippen molar-refractivity contribution >= 4 is 23.7 Å². The Kier molecular flexibility index (Phi) is 5.38. The van der Waals surface area contributed by atoms with E-state index in [0.717, 1.165) is 17.1 Å². The number of amides is 3. The number of urea groups is 1. The number of carbonyl (C=O) groups excluding carboxylic acids is 2. The molecule has 2 aromatic rings. The lowest BCUT2D eigenvalue weighted by atomic mass is 10.2. The van der Waals surface area contributed by atoms with Crippen LogP contribution in [0.25, 0.3) is 5.69 Å². The molecule has 3 amide bonds. The molecule has 0 radical (unpaired) electrons. The van der Waals surface area contributed by atoms with Crippen molar-refractivity contribution in [1.82, 2.24) is 25.4 Å². The van der Waals surface area contributed by atoms with E-state index in [-0.39, 0.29) is 5.91 Å². The van der Waals surface area contributed by atoms with Crippen LogP contribution in [0.3, 0.4) is 0 Å². The van der Waals surface area contributed by atoms with E-state index in [0.29, 0.717) is 5.16 Å². The fourth-order valence-corrected chi connectivity index (χ4v) is 2.90. The van der Waals surface area contributed by atoms with E-state index in [1.807, 2.05) is 42.7 Å². The summed E-state index contributed by atoms with van der Waals surface area (Å²) in [5, 5.41) is 13.0. The quantitative estimate of drug-likeness (QED) is 0.833. The third kappa shape index (κ3) is 3.89. The number of imide groups is 1. The third-order valence-electron chi connectivity index (χ3n) is 3.27. The second-order valence-corrected chi connectivity index (χ2v) is 6.29. The molecule has 1 aromatic carbocycles. The van der Waals surface area contributed by atoms with Crippen molar-refractivity contribution in [1.29, 1.82) is 0 Å². The molecular weight excluding hydrogens is 314 g/mol. The zero-order valence-corrected chi connectivity index (χ0v) is 14.3. The summed E-state index contributed by atoms with van der Waals surface area (Å²) in [7, 11) is 1.46. The van der Waals surface area contributed by atoms with Crippen LogP contribution in [0.1, 0.15) is 18.3 Å². The standard InChI is InChI=1S/C15H19N5O2S/c1-9-7-5-6-8-12(9)20-11(3)18-19-15(20)23-10(2)13(21)17-14(22)16-4/h5-8,10H,1-4H3,(H2,16,17,21,22). The molecular formula is C15H19N5O2S. The molecule has 8 heteroatoms. The minimum Gasteiger partial charge on any atom is -0.341 e. The topological polar surface area (TPSA) is 88.9 Å². The Morgan fingerprint density at radius 2 is 1.91 bits per heavy atom. The predicted octanol–water partition coefficient (Wildman–Crippen LogP) is 1.82. The molecule has 2 rings (SSSR count). The average molecular weight is 333 g/mol. The highest BCUT2D eigenvalue weighted by atomic mass is 32.2. The van der Waals surface area contributed by atoms with E-state index in [4.69, 9.17) is 0 Å². The molecule has 1 unspecified atom stereocenters. The van der Waals surface area contributed by atoms with Gasteiger partial charge in [-0.15, -0.1) is 10.2 Å². The fraction of sp³-hybridized carbons (Fsp3) is 0.333. The number of thioether (sulfide) groups is 1. The maximum atomic E-state index is 12.0. The van der Waals surface area contributed by atoms with E-state index in [2.05, 4.69) is 20.8 Å². The van der Waals surface area contributed by atoms with Crippen molar-refractivity contribution in [3.05, 3.63) is 35.7 Å². The Morgan fingerprint density at radius 1 is 1.22 bits per heavy atom. The number of nitrogens with one attached hydrogen (secondary N) is 2. The first kappa shape index (κ1) is 17.0. The zero-order chi connectivity index (χ0) is 17.0. The lowest BCUT2D eigenvalue weighted by Crippen LogP contribution is -2.41. The first-order valence-electron chi connectivity index (χ1n) is 7.11. The largest absolute Gasteiger partial charge is 0.341 e. The molecule has 2 N–H and O–H groups in total. The molecule has 0 aliphatic carbocycles. The number of para-hydroxylation sites is 1. The lowest BCUT2D eigenvalue weighted by Gasteiger charge is -2.14. The van der Waals surface area contributed by atoms with Gasteiger partial charge in [-0.05, 0) is 32.4 Å². The number of hydrogen-bond acceptors (Lipinski definition) is 5. The monoisotopic (exact) mass is 333 g/mol. The van der Waals surface area contributed by atoms with Crippen molar-refractivity contribution in [2.24, 2.45) is 0 Å². The minimum atomic E-state index is -0.529. The number of nitrogens with zero attached hydrogens (tertiary/aromatic N) is 3. The average Bonchev–Trinajstić information content (AvgIpc) is 2.88. The summed E-state index contributed by atoms with van der Waals surface area (Å²) in [5.41, 5.74) is 2.05. The van der Waals surface area contributed by atoms with Crippen LogP contribution in [-0.2, 0) is 4.79 Å². The van der Waals surface area contributed by atoms with E-state index < -0.39 is 11.3 Å².